The van der Waals surface area contributed by atoms with Crippen molar-refractivity contribution in [2.45, 2.75) is 33.6 Å². The molecule has 0 amide bonds. The molecule has 4 nitrogen and oxygen atoms in total. The first kappa shape index (κ1) is 18.9. The molecular weight excluding hydrogens is 290 g/mol. The van der Waals surface area contributed by atoms with E-state index in [1.807, 2.05) is 57.1 Å². The number of hydrogen-bond acceptors (Lipinski definition) is 4. The molecule has 0 N–H and O–H groups in total. The summed E-state index contributed by atoms with van der Waals surface area (Å²) in [5, 5.41) is 0. The third-order valence-corrected chi connectivity index (χ3v) is 4.18. The number of ketones is 1. The Morgan fingerprint density at radius 1 is 1.09 bits per heavy atom. The molecule has 1 rings (SSSR count). The topological polar surface area (TPSA) is 46.6 Å². The van der Waals surface area contributed by atoms with Gasteiger partial charge in [0, 0.05) is 19.8 Å². The molecule has 0 saturated carbocycles. The molecule has 4 heteroatoms. The van der Waals surface area contributed by atoms with Crippen LogP contribution < -0.4 is 4.90 Å². The molecule has 0 atom stereocenters. The lowest BCUT2D eigenvalue weighted by molar-refractivity contribution is -0.159. The van der Waals surface area contributed by atoms with Crippen molar-refractivity contribution in [1.29, 1.82) is 0 Å². The normalized spacial score (nSPS) is 11.5. The van der Waals surface area contributed by atoms with Gasteiger partial charge in [-0.2, -0.15) is 0 Å². The first-order valence-electron chi connectivity index (χ1n) is 8.08. The summed E-state index contributed by atoms with van der Waals surface area (Å²) in [6.45, 7) is 5.72. The Labute approximate surface area is 139 Å². The Kier molecular flexibility index (Phi) is 7.01. The summed E-state index contributed by atoms with van der Waals surface area (Å²) in [4.78, 5) is 26.8. The van der Waals surface area contributed by atoms with Crippen LogP contribution in [-0.4, -0.2) is 32.5 Å². The van der Waals surface area contributed by atoms with Crippen molar-refractivity contribution in [3.8, 4) is 0 Å². The molecule has 126 valence electrons. The van der Waals surface area contributed by atoms with Gasteiger partial charge in [-0.05, 0) is 43.5 Å². The molecule has 0 aliphatic rings. The quantitative estimate of drug-likeness (QED) is 0.417. The van der Waals surface area contributed by atoms with E-state index in [-0.39, 0.29) is 12.4 Å². The van der Waals surface area contributed by atoms with Gasteiger partial charge >= 0.3 is 5.97 Å². The SMILES string of the molecule is CCOC(=O)C(CC)(CC)C(=O)/C=C/c1ccc(N(C)C)cc1. The number of carbonyl (C=O) groups is 2. The van der Waals surface area contributed by atoms with Crippen LogP contribution in [0.3, 0.4) is 0 Å². The molecule has 0 fully saturated rings. The average Bonchev–Trinajstić information content (AvgIpc) is 2.55. The predicted molar refractivity (Wildman–Crippen MR) is 94.5 cm³/mol. The molecule has 0 unspecified atom stereocenters. The maximum Gasteiger partial charge on any atom is 0.319 e. The summed E-state index contributed by atoms with van der Waals surface area (Å²) in [5.74, 6) is -0.625. The number of carbonyl (C=O) groups excluding carboxylic acids is 2. The fourth-order valence-corrected chi connectivity index (χ4v) is 2.47. The highest BCUT2D eigenvalue weighted by atomic mass is 16.5. The second-order valence-electron chi connectivity index (χ2n) is 5.69. The minimum Gasteiger partial charge on any atom is -0.465 e. The largest absolute Gasteiger partial charge is 0.465 e. The number of esters is 1. The molecule has 1 aromatic carbocycles. The van der Waals surface area contributed by atoms with E-state index in [4.69, 9.17) is 4.74 Å². The number of ether oxygens (including phenoxy) is 1. The fourth-order valence-electron chi connectivity index (χ4n) is 2.47. The highest BCUT2D eigenvalue weighted by Gasteiger charge is 2.42. The third-order valence-electron chi connectivity index (χ3n) is 4.18. The molecule has 0 aliphatic heterocycles. The van der Waals surface area contributed by atoms with Crippen molar-refractivity contribution in [1.82, 2.24) is 0 Å². The molecule has 0 aromatic heterocycles. The van der Waals surface area contributed by atoms with Crippen molar-refractivity contribution in [2.75, 3.05) is 25.6 Å². The van der Waals surface area contributed by atoms with Crippen LogP contribution in [0.15, 0.2) is 30.3 Å². The summed E-state index contributed by atoms with van der Waals surface area (Å²) in [6, 6.07) is 7.87. The Hall–Kier alpha value is -2.10. The van der Waals surface area contributed by atoms with E-state index in [2.05, 4.69) is 0 Å². The summed E-state index contributed by atoms with van der Waals surface area (Å²) in [7, 11) is 3.95. The summed E-state index contributed by atoms with van der Waals surface area (Å²) in [6.07, 6.45) is 4.12. The smallest absolute Gasteiger partial charge is 0.319 e. The van der Waals surface area contributed by atoms with E-state index in [0.717, 1.165) is 11.3 Å². The van der Waals surface area contributed by atoms with Crippen molar-refractivity contribution in [3.63, 3.8) is 0 Å². The molecule has 23 heavy (non-hydrogen) atoms. The van der Waals surface area contributed by atoms with Crippen LogP contribution in [0.5, 0.6) is 0 Å². The van der Waals surface area contributed by atoms with Crippen LogP contribution in [0.2, 0.25) is 0 Å². The average molecular weight is 317 g/mol. The minimum absolute atomic E-state index is 0.197. The van der Waals surface area contributed by atoms with E-state index >= 15 is 0 Å². The summed E-state index contributed by atoms with van der Waals surface area (Å²) >= 11 is 0. The zero-order valence-corrected chi connectivity index (χ0v) is 14.8. The second kappa shape index (κ2) is 8.51. The van der Waals surface area contributed by atoms with Gasteiger partial charge in [0.25, 0.3) is 0 Å². The lowest BCUT2D eigenvalue weighted by Crippen LogP contribution is -2.38. The van der Waals surface area contributed by atoms with Gasteiger partial charge in [-0.1, -0.05) is 32.1 Å². The van der Waals surface area contributed by atoms with Crippen LogP contribution in [0.4, 0.5) is 5.69 Å². The zero-order valence-electron chi connectivity index (χ0n) is 14.8. The van der Waals surface area contributed by atoms with E-state index in [1.54, 1.807) is 13.0 Å². The summed E-state index contributed by atoms with van der Waals surface area (Å²) in [5.41, 5.74) is 0.946. The Balaban J connectivity index is 2.95. The van der Waals surface area contributed by atoms with E-state index in [9.17, 15) is 9.59 Å². The van der Waals surface area contributed by atoms with Crippen LogP contribution in [0, 0.1) is 5.41 Å². The third kappa shape index (κ3) is 4.44. The molecule has 0 saturated heterocycles. The minimum atomic E-state index is -1.07. The fraction of sp³-hybridized carbons (Fsp3) is 0.474. The molecule has 0 radical (unpaired) electrons. The van der Waals surface area contributed by atoms with E-state index in [0.29, 0.717) is 12.8 Å². The first-order chi connectivity index (χ1) is 10.9. The van der Waals surface area contributed by atoms with Gasteiger partial charge in [0.15, 0.2) is 5.78 Å². The van der Waals surface area contributed by atoms with Gasteiger partial charge in [-0.3, -0.25) is 9.59 Å². The molecular formula is C19H27NO3. The standard InChI is InChI=1S/C19H27NO3/c1-6-19(7-2,18(22)23-8-3)17(21)14-11-15-9-12-16(13-10-15)20(4)5/h9-14H,6-8H2,1-5H3/b14-11+. The van der Waals surface area contributed by atoms with Crippen LogP contribution in [0.25, 0.3) is 6.08 Å². The second-order valence-corrected chi connectivity index (χ2v) is 5.69. The Bertz CT molecular complexity index is 554. The van der Waals surface area contributed by atoms with Crippen LogP contribution >= 0.6 is 0 Å². The molecule has 0 aliphatic carbocycles. The lowest BCUT2D eigenvalue weighted by Gasteiger charge is -2.26. The number of hydrogen-bond donors (Lipinski definition) is 0. The molecule has 0 spiro atoms. The Morgan fingerprint density at radius 2 is 1.65 bits per heavy atom. The monoisotopic (exact) mass is 317 g/mol. The van der Waals surface area contributed by atoms with Gasteiger partial charge in [0.05, 0.1) is 6.61 Å². The molecule has 1 aromatic rings. The molecule has 0 bridgehead atoms. The van der Waals surface area contributed by atoms with Gasteiger partial charge in [0.2, 0.25) is 0 Å². The van der Waals surface area contributed by atoms with Gasteiger partial charge < -0.3 is 9.64 Å². The first-order valence-corrected chi connectivity index (χ1v) is 8.08. The van der Waals surface area contributed by atoms with Crippen molar-refractivity contribution < 1.29 is 14.3 Å². The highest BCUT2D eigenvalue weighted by Crippen LogP contribution is 2.30. The predicted octanol–water partition coefficient (Wildman–Crippen LogP) is 3.70. The number of anilines is 1. The number of rotatable bonds is 8. The maximum absolute atomic E-state index is 12.6. The maximum atomic E-state index is 12.6. The van der Waals surface area contributed by atoms with Crippen LogP contribution in [0.1, 0.15) is 39.2 Å². The highest BCUT2D eigenvalue weighted by molar-refractivity contribution is 6.10. The van der Waals surface area contributed by atoms with Crippen LogP contribution in [-0.2, 0) is 14.3 Å². The van der Waals surface area contributed by atoms with Crippen molar-refractivity contribution in [3.05, 3.63) is 35.9 Å². The summed E-state index contributed by atoms with van der Waals surface area (Å²) < 4.78 is 5.11. The zero-order chi connectivity index (χ0) is 17.5. The number of allylic oxidation sites excluding steroid dienone is 1. The van der Waals surface area contributed by atoms with Gasteiger partial charge in [-0.25, -0.2) is 0 Å². The van der Waals surface area contributed by atoms with E-state index < -0.39 is 11.4 Å². The van der Waals surface area contributed by atoms with Crippen molar-refractivity contribution >= 4 is 23.5 Å². The number of benzene rings is 1. The molecule has 0 heterocycles. The van der Waals surface area contributed by atoms with E-state index in [1.165, 1.54) is 6.08 Å². The van der Waals surface area contributed by atoms with Gasteiger partial charge in [0.1, 0.15) is 5.41 Å². The Morgan fingerprint density at radius 3 is 2.09 bits per heavy atom. The van der Waals surface area contributed by atoms with Crippen molar-refractivity contribution in [2.24, 2.45) is 5.41 Å². The number of nitrogens with zero attached hydrogens (tertiary/aromatic N) is 1. The van der Waals surface area contributed by atoms with Gasteiger partial charge in [-0.15, -0.1) is 0 Å². The lowest BCUT2D eigenvalue weighted by atomic mass is 9.78.